The fraction of sp³-hybridized carbons (Fsp3) is 0.125. The van der Waals surface area contributed by atoms with Gasteiger partial charge < -0.3 is 10.1 Å². The van der Waals surface area contributed by atoms with Crippen LogP contribution in [0, 0.1) is 0 Å². The molecular weight excluding hydrogens is 302 g/mol. The quantitative estimate of drug-likeness (QED) is 0.861. The lowest BCUT2D eigenvalue weighted by atomic mass is 10.2. The average Bonchev–Trinajstić information content (AvgIpc) is 2.50. The summed E-state index contributed by atoms with van der Waals surface area (Å²) in [6, 6.07) is 16.0. The van der Waals surface area contributed by atoms with Crippen molar-refractivity contribution in [3.8, 4) is 11.5 Å². The minimum atomic E-state index is -2.51. The zero-order valence-corrected chi connectivity index (χ0v) is 12.8. The normalized spacial score (nSPS) is 9.86. The highest BCUT2D eigenvalue weighted by molar-refractivity contribution is 7.74. The van der Waals surface area contributed by atoms with Crippen molar-refractivity contribution in [1.29, 1.82) is 0 Å². The average molecular weight is 317 g/mol. The van der Waals surface area contributed by atoms with Gasteiger partial charge in [-0.1, -0.05) is 25.1 Å². The Morgan fingerprint density at radius 3 is 2.14 bits per heavy atom. The Balaban J connectivity index is 2.06. The maximum Gasteiger partial charge on any atom is 0.267 e. The van der Waals surface area contributed by atoms with E-state index >= 15 is 0 Å². The molecule has 0 heterocycles. The van der Waals surface area contributed by atoms with Gasteiger partial charge in [0.1, 0.15) is 16.4 Å². The van der Waals surface area contributed by atoms with Crippen LogP contribution in [0.25, 0.3) is 0 Å². The van der Waals surface area contributed by atoms with Gasteiger partial charge in [-0.05, 0) is 42.8 Å². The van der Waals surface area contributed by atoms with E-state index in [1.54, 1.807) is 31.2 Å². The summed E-state index contributed by atoms with van der Waals surface area (Å²) in [5.74, 6) is 0.714. The zero-order valence-electron chi connectivity index (χ0n) is 11.9. The molecule has 0 spiro atoms. The number of hydrogen-bond donors (Lipinski definition) is 1. The monoisotopic (exact) mass is 317 g/mol. The molecule has 0 unspecified atom stereocenters. The summed E-state index contributed by atoms with van der Waals surface area (Å²) in [7, 11) is -2.51. The second-order valence-electron chi connectivity index (χ2n) is 4.41. The van der Waals surface area contributed by atoms with Gasteiger partial charge in [-0.25, -0.2) is 0 Å². The Bertz CT molecular complexity index is 773. The Labute approximate surface area is 130 Å². The Kier molecular flexibility index (Phi) is 5.32. The number of ether oxygens (including phenoxy) is 1. The zero-order chi connectivity index (χ0) is 15.9. The minimum absolute atomic E-state index is 0.150. The molecule has 5 nitrogen and oxygen atoms in total. The standard InChI is InChI=1S/C16H15NO4S/c1-2-15(22(19)20)16(18)17-12-8-10-14(11-9-12)21-13-6-4-3-5-7-13/h3-11H,2H2,1H3,(H,17,18). The molecule has 0 atom stereocenters. The summed E-state index contributed by atoms with van der Waals surface area (Å²) >= 11 is 0. The highest BCUT2D eigenvalue weighted by Gasteiger charge is 2.11. The van der Waals surface area contributed by atoms with Crippen molar-refractivity contribution >= 4 is 26.8 Å². The van der Waals surface area contributed by atoms with Crippen LogP contribution in [0.15, 0.2) is 54.6 Å². The molecule has 0 aliphatic rings. The molecule has 2 aromatic rings. The summed E-state index contributed by atoms with van der Waals surface area (Å²) < 4.78 is 27.4. The summed E-state index contributed by atoms with van der Waals surface area (Å²) in [5, 5.41) is 2.54. The van der Waals surface area contributed by atoms with Crippen LogP contribution in [0.1, 0.15) is 13.3 Å². The molecule has 0 aliphatic heterocycles. The van der Waals surface area contributed by atoms with Gasteiger partial charge in [0.25, 0.3) is 5.91 Å². The molecule has 0 aromatic heterocycles. The molecule has 0 saturated carbocycles. The maximum absolute atomic E-state index is 11.8. The maximum atomic E-state index is 11.8. The van der Waals surface area contributed by atoms with E-state index in [1.807, 2.05) is 30.3 Å². The molecule has 2 aromatic carbocycles. The molecular formula is C16H15NO4S. The van der Waals surface area contributed by atoms with Gasteiger partial charge in [0.05, 0.1) is 0 Å². The lowest BCUT2D eigenvalue weighted by molar-refractivity contribution is -0.110. The predicted octanol–water partition coefficient (Wildman–Crippen LogP) is 2.88. The summed E-state index contributed by atoms with van der Waals surface area (Å²) in [4.78, 5) is 11.6. The molecule has 2 rings (SSSR count). The van der Waals surface area contributed by atoms with Crippen molar-refractivity contribution in [2.75, 3.05) is 5.32 Å². The molecule has 22 heavy (non-hydrogen) atoms. The second kappa shape index (κ2) is 7.42. The van der Waals surface area contributed by atoms with Gasteiger partial charge in [0.15, 0.2) is 0 Å². The molecule has 0 saturated heterocycles. The van der Waals surface area contributed by atoms with Crippen molar-refractivity contribution in [3.05, 3.63) is 54.6 Å². The second-order valence-corrected chi connectivity index (χ2v) is 5.37. The Morgan fingerprint density at radius 1 is 1.00 bits per heavy atom. The van der Waals surface area contributed by atoms with E-state index in [4.69, 9.17) is 4.74 Å². The van der Waals surface area contributed by atoms with Crippen LogP contribution in [-0.2, 0) is 15.1 Å². The van der Waals surface area contributed by atoms with Gasteiger partial charge in [-0.3, -0.25) is 4.79 Å². The third kappa shape index (κ3) is 4.20. The number of nitrogens with one attached hydrogen (secondary N) is 1. The van der Waals surface area contributed by atoms with Crippen LogP contribution in [0.5, 0.6) is 11.5 Å². The number of benzene rings is 2. The number of carbonyl (C=O) groups excluding carboxylic acids is 1. The van der Waals surface area contributed by atoms with Crippen molar-refractivity contribution in [2.45, 2.75) is 13.3 Å². The van der Waals surface area contributed by atoms with E-state index in [2.05, 4.69) is 5.32 Å². The fourth-order valence-electron chi connectivity index (χ4n) is 1.79. The summed E-state index contributed by atoms with van der Waals surface area (Å²) in [5.41, 5.74) is 0.502. The van der Waals surface area contributed by atoms with Crippen LogP contribution in [0.2, 0.25) is 0 Å². The highest BCUT2D eigenvalue weighted by Crippen LogP contribution is 2.22. The van der Waals surface area contributed by atoms with Crippen molar-refractivity contribution in [2.24, 2.45) is 0 Å². The van der Waals surface area contributed by atoms with Gasteiger partial charge >= 0.3 is 0 Å². The molecule has 6 heteroatoms. The number of amides is 1. The first-order chi connectivity index (χ1) is 10.6. The van der Waals surface area contributed by atoms with Crippen molar-refractivity contribution in [1.82, 2.24) is 0 Å². The highest BCUT2D eigenvalue weighted by atomic mass is 32.2. The molecule has 0 aliphatic carbocycles. The summed E-state index contributed by atoms with van der Waals surface area (Å²) in [6.45, 7) is 1.61. The molecule has 0 bridgehead atoms. The van der Waals surface area contributed by atoms with E-state index < -0.39 is 16.2 Å². The van der Waals surface area contributed by atoms with Gasteiger partial charge in [0, 0.05) is 5.69 Å². The molecule has 1 amide bonds. The topological polar surface area (TPSA) is 72.5 Å². The van der Waals surface area contributed by atoms with E-state index in [0.717, 1.165) is 0 Å². The van der Waals surface area contributed by atoms with Gasteiger partial charge in [-0.2, -0.15) is 8.42 Å². The van der Waals surface area contributed by atoms with Crippen molar-refractivity contribution < 1.29 is 17.9 Å². The first-order valence-electron chi connectivity index (χ1n) is 6.69. The summed E-state index contributed by atoms with van der Waals surface area (Å²) in [6.07, 6.45) is 0.150. The molecule has 1 N–H and O–H groups in total. The molecule has 0 fully saturated rings. The predicted molar refractivity (Wildman–Crippen MR) is 85.8 cm³/mol. The largest absolute Gasteiger partial charge is 0.457 e. The first kappa shape index (κ1) is 15.8. The van der Waals surface area contributed by atoms with E-state index in [1.165, 1.54) is 0 Å². The van der Waals surface area contributed by atoms with Crippen LogP contribution in [-0.4, -0.2) is 19.2 Å². The third-order valence-electron chi connectivity index (χ3n) is 2.87. The number of rotatable bonds is 5. The number of hydrogen-bond acceptors (Lipinski definition) is 4. The number of carbonyl (C=O) groups is 1. The van der Waals surface area contributed by atoms with Crippen molar-refractivity contribution in [3.63, 3.8) is 0 Å². The number of para-hydroxylation sites is 1. The lowest BCUT2D eigenvalue weighted by Crippen LogP contribution is -2.22. The first-order valence-corrected chi connectivity index (χ1v) is 7.77. The van der Waals surface area contributed by atoms with Crippen LogP contribution >= 0.6 is 0 Å². The van der Waals surface area contributed by atoms with Gasteiger partial charge in [0.2, 0.25) is 10.3 Å². The Morgan fingerprint density at radius 2 is 1.59 bits per heavy atom. The van der Waals surface area contributed by atoms with Crippen LogP contribution in [0.4, 0.5) is 5.69 Å². The SMILES string of the molecule is CCC(C(=O)Nc1ccc(Oc2ccccc2)cc1)=S(=O)=O. The lowest BCUT2D eigenvalue weighted by Gasteiger charge is -2.07. The minimum Gasteiger partial charge on any atom is -0.457 e. The molecule has 0 radical (unpaired) electrons. The molecule has 114 valence electrons. The number of anilines is 1. The van der Waals surface area contributed by atoms with Crippen LogP contribution in [0.3, 0.4) is 0 Å². The van der Waals surface area contributed by atoms with E-state index in [0.29, 0.717) is 17.2 Å². The third-order valence-corrected chi connectivity index (χ3v) is 3.74. The van der Waals surface area contributed by atoms with E-state index in [9.17, 15) is 13.2 Å². The van der Waals surface area contributed by atoms with Crippen LogP contribution < -0.4 is 10.1 Å². The Hall–Kier alpha value is -2.60. The fourth-order valence-corrected chi connectivity index (χ4v) is 2.22. The van der Waals surface area contributed by atoms with E-state index in [-0.39, 0.29) is 11.3 Å². The van der Waals surface area contributed by atoms with Gasteiger partial charge in [-0.15, -0.1) is 0 Å². The smallest absolute Gasteiger partial charge is 0.267 e.